The number of nitrogens with zero attached hydrogens (tertiary/aromatic N) is 2. The van der Waals surface area contributed by atoms with Crippen molar-refractivity contribution in [3.8, 4) is 0 Å². The van der Waals surface area contributed by atoms with Crippen molar-refractivity contribution in [2.24, 2.45) is 0 Å². The van der Waals surface area contributed by atoms with Crippen molar-refractivity contribution in [1.82, 2.24) is 9.97 Å². The normalized spacial score (nSPS) is 23.8. The quantitative estimate of drug-likeness (QED) is 0.510. The molecule has 1 aliphatic rings. The van der Waals surface area contributed by atoms with Gasteiger partial charge in [-0.15, -0.1) is 0 Å². The van der Waals surface area contributed by atoms with Crippen LogP contribution in [0.1, 0.15) is 11.8 Å². The Morgan fingerprint density at radius 2 is 2.44 bits per heavy atom. The molecule has 0 radical (unpaired) electrons. The molecule has 3 nitrogen and oxygen atoms in total. The predicted molar refractivity (Wildman–Crippen MR) is 30.7 cm³/mol. The van der Waals surface area contributed by atoms with Crippen molar-refractivity contribution < 1.29 is 4.74 Å². The van der Waals surface area contributed by atoms with E-state index >= 15 is 0 Å². The standard InChI is InChI=1S/C6H6N2O/c1-2-8-5(3-7-1)6-4-9-6/h1-3,6H,4H2. The Bertz CT molecular complexity index is 195. The first-order valence-electron chi connectivity index (χ1n) is 2.84. The van der Waals surface area contributed by atoms with Crippen LogP contribution in [-0.4, -0.2) is 16.6 Å². The Morgan fingerprint density at radius 1 is 1.56 bits per heavy atom. The lowest BCUT2D eigenvalue weighted by atomic mass is 10.3. The Kier molecular flexibility index (Phi) is 0.960. The van der Waals surface area contributed by atoms with E-state index in [-0.39, 0.29) is 6.10 Å². The Balaban J connectivity index is 2.29. The van der Waals surface area contributed by atoms with Crippen molar-refractivity contribution in [2.75, 3.05) is 6.61 Å². The minimum Gasteiger partial charge on any atom is -0.366 e. The van der Waals surface area contributed by atoms with Gasteiger partial charge in [0.15, 0.2) is 0 Å². The third kappa shape index (κ3) is 0.907. The summed E-state index contributed by atoms with van der Waals surface area (Å²) in [5.41, 5.74) is 0.942. The summed E-state index contributed by atoms with van der Waals surface area (Å²) < 4.78 is 4.99. The van der Waals surface area contributed by atoms with E-state index in [4.69, 9.17) is 4.74 Å². The van der Waals surface area contributed by atoms with Gasteiger partial charge in [0.05, 0.1) is 18.5 Å². The van der Waals surface area contributed by atoms with Crippen LogP contribution in [-0.2, 0) is 4.74 Å². The smallest absolute Gasteiger partial charge is 0.124 e. The molecule has 1 saturated heterocycles. The Morgan fingerprint density at radius 3 is 3.00 bits per heavy atom. The molecule has 0 aromatic carbocycles. The average Bonchev–Trinajstić information content (AvgIpc) is 2.71. The maximum absolute atomic E-state index is 4.99. The molecule has 1 aromatic heterocycles. The van der Waals surface area contributed by atoms with E-state index in [2.05, 4.69) is 9.97 Å². The van der Waals surface area contributed by atoms with Crippen LogP contribution in [0.25, 0.3) is 0 Å². The topological polar surface area (TPSA) is 38.3 Å². The van der Waals surface area contributed by atoms with Gasteiger partial charge in [0.1, 0.15) is 6.10 Å². The fourth-order valence-corrected chi connectivity index (χ4v) is 0.696. The molecule has 0 saturated carbocycles. The summed E-state index contributed by atoms with van der Waals surface area (Å²) in [6.45, 7) is 0.804. The van der Waals surface area contributed by atoms with E-state index in [0.29, 0.717) is 0 Å². The van der Waals surface area contributed by atoms with Gasteiger partial charge in [0, 0.05) is 12.4 Å². The van der Waals surface area contributed by atoms with E-state index in [0.717, 1.165) is 12.3 Å². The summed E-state index contributed by atoms with van der Waals surface area (Å²) in [5, 5.41) is 0. The average molecular weight is 122 g/mol. The van der Waals surface area contributed by atoms with E-state index < -0.39 is 0 Å². The molecule has 0 spiro atoms. The number of hydrogen-bond acceptors (Lipinski definition) is 3. The zero-order chi connectivity index (χ0) is 6.10. The highest BCUT2D eigenvalue weighted by Gasteiger charge is 2.25. The molecule has 2 heterocycles. The molecule has 2 rings (SSSR count). The molecule has 9 heavy (non-hydrogen) atoms. The number of rotatable bonds is 1. The maximum Gasteiger partial charge on any atom is 0.124 e. The van der Waals surface area contributed by atoms with E-state index in [1.807, 2.05) is 0 Å². The number of aromatic nitrogens is 2. The predicted octanol–water partition coefficient (Wildman–Crippen LogP) is 0.548. The van der Waals surface area contributed by atoms with Crippen molar-refractivity contribution in [2.45, 2.75) is 6.10 Å². The highest BCUT2D eigenvalue weighted by atomic mass is 16.6. The minimum atomic E-state index is 0.235. The molecule has 0 aliphatic carbocycles. The summed E-state index contributed by atoms with van der Waals surface area (Å²) in [4.78, 5) is 7.96. The number of ether oxygens (including phenoxy) is 1. The third-order valence-corrected chi connectivity index (χ3v) is 1.25. The lowest BCUT2D eigenvalue weighted by Gasteiger charge is -1.88. The molecule has 1 aromatic rings. The van der Waals surface area contributed by atoms with Crippen LogP contribution < -0.4 is 0 Å². The molecule has 46 valence electrons. The number of hydrogen-bond donors (Lipinski definition) is 0. The minimum absolute atomic E-state index is 0.235. The van der Waals surface area contributed by atoms with Gasteiger partial charge in [0.25, 0.3) is 0 Å². The molecule has 1 fully saturated rings. The van der Waals surface area contributed by atoms with Crippen molar-refractivity contribution in [3.63, 3.8) is 0 Å². The first-order chi connectivity index (χ1) is 4.47. The zero-order valence-corrected chi connectivity index (χ0v) is 4.82. The van der Waals surface area contributed by atoms with Gasteiger partial charge in [-0.05, 0) is 0 Å². The Labute approximate surface area is 52.7 Å². The van der Waals surface area contributed by atoms with Gasteiger partial charge in [0.2, 0.25) is 0 Å². The summed E-state index contributed by atoms with van der Waals surface area (Å²) in [5.74, 6) is 0. The monoisotopic (exact) mass is 122 g/mol. The van der Waals surface area contributed by atoms with Gasteiger partial charge >= 0.3 is 0 Å². The highest BCUT2D eigenvalue weighted by molar-refractivity contribution is 5.03. The largest absolute Gasteiger partial charge is 0.366 e. The molecule has 0 N–H and O–H groups in total. The first-order valence-corrected chi connectivity index (χ1v) is 2.84. The highest BCUT2D eigenvalue weighted by Crippen LogP contribution is 2.26. The fourth-order valence-electron chi connectivity index (χ4n) is 0.696. The molecule has 1 unspecified atom stereocenters. The van der Waals surface area contributed by atoms with Crippen LogP contribution in [0.3, 0.4) is 0 Å². The SMILES string of the molecule is c1cnc(C2CO2)cn1. The lowest BCUT2D eigenvalue weighted by Crippen LogP contribution is -1.85. The molecule has 1 atom stereocenters. The van der Waals surface area contributed by atoms with Crippen LogP contribution in [0, 0.1) is 0 Å². The van der Waals surface area contributed by atoms with Crippen LogP contribution in [0.5, 0.6) is 0 Å². The van der Waals surface area contributed by atoms with Gasteiger partial charge in [-0.2, -0.15) is 0 Å². The lowest BCUT2D eigenvalue weighted by molar-refractivity contribution is 0.411. The first kappa shape index (κ1) is 4.88. The zero-order valence-electron chi connectivity index (χ0n) is 4.82. The second-order valence-electron chi connectivity index (χ2n) is 1.95. The molecular weight excluding hydrogens is 116 g/mol. The summed E-state index contributed by atoms with van der Waals surface area (Å²) >= 11 is 0. The van der Waals surface area contributed by atoms with E-state index in [1.165, 1.54) is 0 Å². The van der Waals surface area contributed by atoms with Gasteiger partial charge in [-0.25, -0.2) is 0 Å². The fraction of sp³-hybridized carbons (Fsp3) is 0.333. The summed E-state index contributed by atoms with van der Waals surface area (Å²) in [6, 6.07) is 0. The van der Waals surface area contributed by atoms with E-state index in [9.17, 15) is 0 Å². The summed E-state index contributed by atoms with van der Waals surface area (Å²) in [7, 11) is 0. The van der Waals surface area contributed by atoms with Gasteiger partial charge in [-0.3, -0.25) is 9.97 Å². The molecule has 0 amide bonds. The molecule has 3 heteroatoms. The second kappa shape index (κ2) is 1.77. The van der Waals surface area contributed by atoms with Crippen LogP contribution in [0.15, 0.2) is 18.6 Å². The number of epoxide rings is 1. The third-order valence-electron chi connectivity index (χ3n) is 1.25. The second-order valence-corrected chi connectivity index (χ2v) is 1.95. The Hall–Kier alpha value is -0.960. The van der Waals surface area contributed by atoms with Crippen molar-refractivity contribution >= 4 is 0 Å². The van der Waals surface area contributed by atoms with Crippen LogP contribution in [0.2, 0.25) is 0 Å². The molecule has 0 bridgehead atoms. The van der Waals surface area contributed by atoms with Gasteiger partial charge < -0.3 is 4.74 Å². The van der Waals surface area contributed by atoms with Crippen molar-refractivity contribution in [1.29, 1.82) is 0 Å². The van der Waals surface area contributed by atoms with E-state index in [1.54, 1.807) is 18.6 Å². The van der Waals surface area contributed by atoms with Crippen LogP contribution in [0.4, 0.5) is 0 Å². The summed E-state index contributed by atoms with van der Waals surface area (Å²) in [6.07, 6.45) is 5.30. The van der Waals surface area contributed by atoms with Gasteiger partial charge in [-0.1, -0.05) is 0 Å². The molecular formula is C6H6N2O. The van der Waals surface area contributed by atoms with Crippen LogP contribution >= 0.6 is 0 Å². The maximum atomic E-state index is 4.99. The van der Waals surface area contributed by atoms with Crippen molar-refractivity contribution in [3.05, 3.63) is 24.3 Å². The molecule has 1 aliphatic heterocycles.